The Morgan fingerprint density at radius 3 is 2.48 bits per heavy atom. The molecule has 1 aliphatic heterocycles. The summed E-state index contributed by atoms with van der Waals surface area (Å²) in [6.45, 7) is 4.30. The number of anilines is 1. The number of fused-ring (bicyclic) bond motifs is 1. The first-order valence-corrected chi connectivity index (χ1v) is 10.5. The van der Waals surface area contributed by atoms with E-state index in [4.69, 9.17) is 4.74 Å². The SMILES string of the molecule is Cc1ccc(C(=O)Nc2ccc3c(c2)C[C@@H](C(=O)N[C@@H](C)c2ccccc2)CO3)cc1. The van der Waals surface area contributed by atoms with Gasteiger partial charge in [0.15, 0.2) is 0 Å². The molecule has 1 heterocycles. The normalized spacial score (nSPS) is 15.9. The zero-order chi connectivity index (χ0) is 21.8. The molecule has 2 atom stereocenters. The highest BCUT2D eigenvalue weighted by molar-refractivity contribution is 6.04. The molecule has 0 saturated heterocycles. The minimum absolute atomic E-state index is 0.0314. The number of ether oxygens (including phenoxy) is 1. The molecule has 3 aromatic carbocycles. The van der Waals surface area contributed by atoms with Crippen LogP contribution in [0, 0.1) is 12.8 Å². The lowest BCUT2D eigenvalue weighted by Gasteiger charge is -2.26. The first kappa shape index (κ1) is 20.7. The van der Waals surface area contributed by atoms with Crippen LogP contribution in [0.3, 0.4) is 0 Å². The topological polar surface area (TPSA) is 67.4 Å². The fourth-order valence-electron chi connectivity index (χ4n) is 3.71. The lowest BCUT2D eigenvalue weighted by Crippen LogP contribution is -2.38. The third-order valence-electron chi connectivity index (χ3n) is 5.57. The van der Waals surface area contributed by atoms with Crippen molar-refractivity contribution in [2.24, 2.45) is 5.92 Å². The van der Waals surface area contributed by atoms with E-state index in [9.17, 15) is 9.59 Å². The largest absolute Gasteiger partial charge is 0.492 e. The van der Waals surface area contributed by atoms with E-state index in [2.05, 4.69) is 10.6 Å². The molecule has 5 heteroatoms. The lowest BCUT2D eigenvalue weighted by atomic mass is 9.95. The van der Waals surface area contributed by atoms with Crippen LogP contribution >= 0.6 is 0 Å². The van der Waals surface area contributed by atoms with Crippen LogP contribution in [-0.2, 0) is 11.2 Å². The number of nitrogens with one attached hydrogen (secondary N) is 2. The zero-order valence-electron chi connectivity index (χ0n) is 17.7. The van der Waals surface area contributed by atoms with Crippen molar-refractivity contribution in [1.29, 1.82) is 0 Å². The Kier molecular flexibility index (Phi) is 6.03. The second kappa shape index (κ2) is 9.04. The van der Waals surface area contributed by atoms with Gasteiger partial charge in [-0.1, -0.05) is 48.0 Å². The maximum Gasteiger partial charge on any atom is 0.255 e. The summed E-state index contributed by atoms with van der Waals surface area (Å²) >= 11 is 0. The molecule has 0 aliphatic carbocycles. The number of hydrogen-bond acceptors (Lipinski definition) is 3. The van der Waals surface area contributed by atoms with Gasteiger partial charge in [0.2, 0.25) is 5.91 Å². The van der Waals surface area contributed by atoms with Crippen LogP contribution in [0.5, 0.6) is 5.75 Å². The fourth-order valence-corrected chi connectivity index (χ4v) is 3.71. The number of benzene rings is 3. The van der Waals surface area contributed by atoms with E-state index >= 15 is 0 Å². The molecule has 0 spiro atoms. The van der Waals surface area contributed by atoms with Crippen molar-refractivity contribution in [2.75, 3.05) is 11.9 Å². The van der Waals surface area contributed by atoms with Gasteiger partial charge in [0.1, 0.15) is 12.4 Å². The fraction of sp³-hybridized carbons (Fsp3) is 0.231. The summed E-state index contributed by atoms with van der Waals surface area (Å²) in [5, 5.41) is 6.01. The first-order valence-electron chi connectivity index (χ1n) is 10.5. The third kappa shape index (κ3) is 4.94. The van der Waals surface area contributed by atoms with Crippen LogP contribution < -0.4 is 15.4 Å². The van der Waals surface area contributed by atoms with Crippen LogP contribution in [0.4, 0.5) is 5.69 Å². The number of carbonyl (C=O) groups excluding carboxylic acids is 2. The monoisotopic (exact) mass is 414 g/mol. The smallest absolute Gasteiger partial charge is 0.255 e. The summed E-state index contributed by atoms with van der Waals surface area (Å²) in [6.07, 6.45) is 0.566. The third-order valence-corrected chi connectivity index (χ3v) is 5.57. The number of hydrogen-bond donors (Lipinski definition) is 2. The van der Waals surface area contributed by atoms with Gasteiger partial charge in [0.25, 0.3) is 5.91 Å². The van der Waals surface area contributed by atoms with E-state index in [0.717, 1.165) is 22.4 Å². The van der Waals surface area contributed by atoms with Gasteiger partial charge in [-0.05, 0) is 61.7 Å². The molecular formula is C26H26N2O3. The molecular weight excluding hydrogens is 388 g/mol. The standard InChI is InChI=1S/C26H26N2O3/c1-17-8-10-20(11-9-17)25(29)28-23-12-13-24-21(15-23)14-22(16-31-24)26(30)27-18(2)19-6-4-3-5-7-19/h3-13,15,18,22H,14,16H2,1-2H3,(H,27,30)(H,28,29)/t18-,22+/m0/s1. The summed E-state index contributed by atoms with van der Waals surface area (Å²) in [4.78, 5) is 25.3. The van der Waals surface area contributed by atoms with Gasteiger partial charge in [-0.2, -0.15) is 0 Å². The van der Waals surface area contributed by atoms with Crippen molar-refractivity contribution in [3.63, 3.8) is 0 Å². The zero-order valence-corrected chi connectivity index (χ0v) is 17.7. The highest BCUT2D eigenvalue weighted by atomic mass is 16.5. The second-order valence-electron chi connectivity index (χ2n) is 8.00. The summed E-state index contributed by atoms with van der Waals surface area (Å²) in [7, 11) is 0. The van der Waals surface area contributed by atoms with Crippen molar-refractivity contribution in [1.82, 2.24) is 5.32 Å². The molecule has 4 rings (SSSR count). The molecule has 0 aromatic heterocycles. The van der Waals surface area contributed by atoms with Gasteiger partial charge in [-0.25, -0.2) is 0 Å². The minimum Gasteiger partial charge on any atom is -0.492 e. The van der Waals surface area contributed by atoms with Gasteiger partial charge in [-0.3, -0.25) is 9.59 Å². The van der Waals surface area contributed by atoms with Crippen LogP contribution in [-0.4, -0.2) is 18.4 Å². The van der Waals surface area contributed by atoms with Crippen molar-refractivity contribution < 1.29 is 14.3 Å². The van der Waals surface area contributed by atoms with Crippen LogP contribution in [0.2, 0.25) is 0 Å². The predicted octanol–water partition coefficient (Wildman–Crippen LogP) is 4.68. The molecule has 2 amide bonds. The Hall–Kier alpha value is -3.60. The van der Waals surface area contributed by atoms with E-state index in [-0.39, 0.29) is 23.8 Å². The maximum atomic E-state index is 12.8. The molecule has 0 unspecified atom stereocenters. The average Bonchev–Trinajstić information content (AvgIpc) is 2.79. The molecule has 5 nitrogen and oxygen atoms in total. The maximum absolute atomic E-state index is 12.8. The van der Waals surface area contributed by atoms with Crippen molar-refractivity contribution in [3.05, 3.63) is 95.1 Å². The van der Waals surface area contributed by atoms with Crippen LogP contribution in [0.25, 0.3) is 0 Å². The Morgan fingerprint density at radius 1 is 1.00 bits per heavy atom. The molecule has 0 fully saturated rings. The van der Waals surface area contributed by atoms with Gasteiger partial charge in [0, 0.05) is 11.3 Å². The summed E-state index contributed by atoms with van der Waals surface area (Å²) in [5.41, 5.74) is 4.38. The molecule has 0 bridgehead atoms. The lowest BCUT2D eigenvalue weighted by molar-refractivity contribution is -0.126. The summed E-state index contributed by atoms with van der Waals surface area (Å²) < 4.78 is 5.83. The minimum atomic E-state index is -0.276. The van der Waals surface area contributed by atoms with E-state index in [1.165, 1.54) is 0 Å². The van der Waals surface area contributed by atoms with Gasteiger partial charge < -0.3 is 15.4 Å². The molecule has 0 saturated carbocycles. The van der Waals surface area contributed by atoms with Gasteiger partial charge in [-0.15, -0.1) is 0 Å². The quantitative estimate of drug-likeness (QED) is 0.637. The van der Waals surface area contributed by atoms with Crippen molar-refractivity contribution in [3.8, 4) is 5.75 Å². The molecule has 3 aromatic rings. The Labute approximate surface area is 182 Å². The van der Waals surface area contributed by atoms with Gasteiger partial charge >= 0.3 is 0 Å². The number of carbonyl (C=O) groups is 2. The molecule has 158 valence electrons. The molecule has 1 aliphatic rings. The number of amides is 2. The number of rotatable bonds is 5. The highest BCUT2D eigenvalue weighted by Gasteiger charge is 2.27. The van der Waals surface area contributed by atoms with E-state index < -0.39 is 0 Å². The van der Waals surface area contributed by atoms with Gasteiger partial charge in [0.05, 0.1) is 12.0 Å². The Morgan fingerprint density at radius 2 is 1.74 bits per heavy atom. The Balaban J connectivity index is 1.41. The van der Waals surface area contributed by atoms with Crippen LogP contribution in [0.15, 0.2) is 72.8 Å². The van der Waals surface area contributed by atoms with Crippen molar-refractivity contribution in [2.45, 2.75) is 26.3 Å². The molecule has 2 N–H and O–H groups in total. The summed E-state index contributed by atoms with van der Waals surface area (Å²) in [6, 6.07) is 22.8. The van der Waals surface area contributed by atoms with Crippen LogP contribution in [0.1, 0.15) is 40.0 Å². The van der Waals surface area contributed by atoms with E-state index in [0.29, 0.717) is 24.3 Å². The average molecular weight is 415 g/mol. The van der Waals surface area contributed by atoms with E-state index in [1.807, 2.05) is 74.5 Å². The number of aryl methyl sites for hydroxylation is 1. The molecule has 31 heavy (non-hydrogen) atoms. The predicted molar refractivity (Wildman–Crippen MR) is 121 cm³/mol. The Bertz CT molecular complexity index is 1080. The second-order valence-corrected chi connectivity index (χ2v) is 8.00. The van der Waals surface area contributed by atoms with E-state index in [1.54, 1.807) is 12.1 Å². The molecule has 0 radical (unpaired) electrons. The first-order chi connectivity index (χ1) is 15.0. The highest BCUT2D eigenvalue weighted by Crippen LogP contribution is 2.30. The van der Waals surface area contributed by atoms with Crippen molar-refractivity contribution >= 4 is 17.5 Å². The summed E-state index contributed by atoms with van der Waals surface area (Å²) in [5.74, 6) is 0.286.